The number of ether oxygens (including phenoxy) is 1. The number of thiophene rings is 1. The zero-order valence-corrected chi connectivity index (χ0v) is 11.3. The third-order valence-corrected chi connectivity index (χ3v) is 4.43. The van der Waals surface area contributed by atoms with Gasteiger partial charge in [-0.25, -0.2) is 0 Å². The number of nitrogen functional groups attached to an aromatic ring is 1. The van der Waals surface area contributed by atoms with Gasteiger partial charge in [0.05, 0.1) is 6.61 Å². The minimum atomic E-state index is 0.680. The highest BCUT2D eigenvalue weighted by Crippen LogP contribution is 2.32. The summed E-state index contributed by atoms with van der Waals surface area (Å²) in [6.45, 7) is 2.66. The van der Waals surface area contributed by atoms with Crippen molar-refractivity contribution in [2.24, 2.45) is 0 Å². The van der Waals surface area contributed by atoms with Crippen LogP contribution in [0.15, 0.2) is 40.6 Å². The van der Waals surface area contributed by atoms with Gasteiger partial charge in [0.25, 0.3) is 0 Å². The lowest BCUT2D eigenvalue weighted by molar-refractivity contribution is 0.339. The quantitative estimate of drug-likeness (QED) is 0.655. The van der Waals surface area contributed by atoms with Gasteiger partial charge in [0.2, 0.25) is 0 Å². The van der Waals surface area contributed by atoms with Crippen molar-refractivity contribution in [3.63, 3.8) is 0 Å². The molecule has 1 aromatic heterocycles. The number of anilines is 1. The minimum absolute atomic E-state index is 0.680. The van der Waals surface area contributed by atoms with Gasteiger partial charge < -0.3 is 10.5 Å². The summed E-state index contributed by atoms with van der Waals surface area (Å²) in [5, 5.41) is 2.09. The number of hydrogen-bond acceptors (Lipinski definition) is 4. The summed E-state index contributed by atoms with van der Waals surface area (Å²) in [5.74, 6) is 1.84. The van der Waals surface area contributed by atoms with Gasteiger partial charge in [0.15, 0.2) is 0 Å². The van der Waals surface area contributed by atoms with E-state index in [0.717, 1.165) is 22.1 Å². The number of rotatable bonds is 5. The third-order valence-electron chi connectivity index (χ3n) is 2.25. The first-order valence-electron chi connectivity index (χ1n) is 5.47. The van der Waals surface area contributed by atoms with Gasteiger partial charge >= 0.3 is 0 Å². The van der Waals surface area contributed by atoms with Gasteiger partial charge in [0.1, 0.15) is 5.75 Å². The van der Waals surface area contributed by atoms with E-state index in [-0.39, 0.29) is 0 Å². The van der Waals surface area contributed by atoms with Crippen LogP contribution < -0.4 is 10.5 Å². The van der Waals surface area contributed by atoms with Crippen LogP contribution in [0.5, 0.6) is 5.75 Å². The number of benzene rings is 1. The monoisotopic (exact) mass is 265 g/mol. The molecule has 0 spiro atoms. The Hall–Kier alpha value is -1.13. The van der Waals surface area contributed by atoms with Crippen molar-refractivity contribution in [3.05, 3.63) is 40.6 Å². The Labute approximate surface area is 110 Å². The van der Waals surface area contributed by atoms with Crippen molar-refractivity contribution in [1.82, 2.24) is 0 Å². The molecule has 17 heavy (non-hydrogen) atoms. The Bertz CT molecular complexity index is 468. The first-order chi connectivity index (χ1) is 8.29. The van der Waals surface area contributed by atoms with E-state index in [1.807, 2.05) is 25.1 Å². The maximum absolute atomic E-state index is 5.95. The van der Waals surface area contributed by atoms with Crippen LogP contribution in [-0.2, 0) is 5.75 Å². The Kier molecular flexibility index (Phi) is 4.34. The van der Waals surface area contributed by atoms with Gasteiger partial charge in [0, 0.05) is 21.2 Å². The van der Waals surface area contributed by atoms with Gasteiger partial charge in [-0.2, -0.15) is 0 Å². The van der Waals surface area contributed by atoms with E-state index in [1.54, 1.807) is 23.1 Å². The molecule has 4 heteroatoms. The maximum Gasteiger partial charge on any atom is 0.120 e. The Morgan fingerprint density at radius 1 is 1.35 bits per heavy atom. The molecular weight excluding hydrogens is 250 g/mol. The van der Waals surface area contributed by atoms with E-state index in [1.165, 1.54) is 4.88 Å². The van der Waals surface area contributed by atoms with Crippen molar-refractivity contribution in [2.75, 3.05) is 12.3 Å². The standard InChI is InChI=1S/C13H15NOS2/c1-2-15-10-5-6-12(14)13(8-10)17-9-11-4-3-7-16-11/h3-8H,2,9,14H2,1H3. The summed E-state index contributed by atoms with van der Waals surface area (Å²) in [6, 6.07) is 10.0. The fourth-order valence-electron chi connectivity index (χ4n) is 1.44. The molecule has 0 radical (unpaired) electrons. The van der Waals surface area contributed by atoms with Crippen LogP contribution in [0.4, 0.5) is 5.69 Å². The first-order valence-corrected chi connectivity index (χ1v) is 7.33. The molecule has 0 fully saturated rings. The molecule has 0 amide bonds. The van der Waals surface area contributed by atoms with Crippen LogP contribution in [-0.4, -0.2) is 6.61 Å². The normalized spacial score (nSPS) is 10.4. The van der Waals surface area contributed by atoms with Crippen LogP contribution in [0, 0.1) is 0 Å². The highest BCUT2D eigenvalue weighted by Gasteiger charge is 2.03. The van der Waals surface area contributed by atoms with Gasteiger partial charge in [-0.1, -0.05) is 6.07 Å². The lowest BCUT2D eigenvalue weighted by atomic mass is 10.3. The molecule has 0 unspecified atom stereocenters. The van der Waals surface area contributed by atoms with Crippen LogP contribution in [0.1, 0.15) is 11.8 Å². The molecule has 1 aromatic carbocycles. The van der Waals surface area contributed by atoms with E-state index < -0.39 is 0 Å². The summed E-state index contributed by atoms with van der Waals surface area (Å²) >= 11 is 3.52. The van der Waals surface area contributed by atoms with Crippen molar-refractivity contribution in [1.29, 1.82) is 0 Å². The molecule has 0 aliphatic carbocycles. The predicted octanol–water partition coefficient (Wildman–Crippen LogP) is 4.02. The van der Waals surface area contributed by atoms with E-state index in [9.17, 15) is 0 Å². The second-order valence-corrected chi connectivity index (χ2v) is 5.55. The van der Waals surface area contributed by atoms with Gasteiger partial charge in [-0.05, 0) is 36.6 Å². The molecule has 0 atom stereocenters. The molecule has 0 saturated heterocycles. The third kappa shape index (κ3) is 3.41. The average molecular weight is 265 g/mol. The topological polar surface area (TPSA) is 35.2 Å². The number of nitrogens with two attached hydrogens (primary N) is 1. The molecule has 2 aromatic rings. The molecule has 1 heterocycles. The zero-order chi connectivity index (χ0) is 12.1. The highest BCUT2D eigenvalue weighted by molar-refractivity contribution is 7.98. The molecule has 0 aliphatic heterocycles. The molecular formula is C13H15NOS2. The van der Waals surface area contributed by atoms with Crippen LogP contribution >= 0.6 is 23.1 Å². The predicted molar refractivity (Wildman–Crippen MR) is 75.9 cm³/mol. The SMILES string of the molecule is CCOc1ccc(N)c(SCc2cccs2)c1. The maximum atomic E-state index is 5.95. The number of thioether (sulfide) groups is 1. The second-order valence-electron chi connectivity index (χ2n) is 3.50. The average Bonchev–Trinajstić information content (AvgIpc) is 2.83. The fourth-order valence-corrected chi connectivity index (χ4v) is 3.21. The van der Waals surface area contributed by atoms with Crippen molar-refractivity contribution in [3.8, 4) is 5.75 Å². The molecule has 0 saturated carbocycles. The number of hydrogen-bond donors (Lipinski definition) is 1. The van der Waals surface area contributed by atoms with Crippen molar-refractivity contribution < 1.29 is 4.74 Å². The summed E-state index contributed by atoms with van der Waals surface area (Å²) in [5.41, 5.74) is 6.77. The van der Waals surface area contributed by atoms with Crippen LogP contribution in [0.2, 0.25) is 0 Å². The zero-order valence-electron chi connectivity index (χ0n) is 9.68. The molecule has 2 nitrogen and oxygen atoms in total. The van der Waals surface area contributed by atoms with E-state index in [2.05, 4.69) is 17.5 Å². The summed E-state index contributed by atoms with van der Waals surface area (Å²) < 4.78 is 5.47. The molecule has 0 aliphatic rings. The van der Waals surface area contributed by atoms with E-state index in [4.69, 9.17) is 10.5 Å². The van der Waals surface area contributed by atoms with Crippen molar-refractivity contribution in [2.45, 2.75) is 17.6 Å². The summed E-state index contributed by atoms with van der Waals surface area (Å²) in [4.78, 5) is 2.44. The van der Waals surface area contributed by atoms with Crippen molar-refractivity contribution >= 4 is 28.8 Å². The lowest BCUT2D eigenvalue weighted by Crippen LogP contribution is -1.94. The van der Waals surface area contributed by atoms with Gasteiger partial charge in [-0.3, -0.25) is 0 Å². The van der Waals surface area contributed by atoms with Gasteiger partial charge in [-0.15, -0.1) is 23.1 Å². The molecule has 2 rings (SSSR count). The molecule has 2 N–H and O–H groups in total. The Morgan fingerprint density at radius 3 is 2.94 bits per heavy atom. The minimum Gasteiger partial charge on any atom is -0.494 e. The highest BCUT2D eigenvalue weighted by atomic mass is 32.2. The second kappa shape index (κ2) is 5.98. The Morgan fingerprint density at radius 2 is 2.24 bits per heavy atom. The largest absolute Gasteiger partial charge is 0.494 e. The fraction of sp³-hybridized carbons (Fsp3) is 0.231. The Balaban J connectivity index is 2.06. The molecule has 90 valence electrons. The lowest BCUT2D eigenvalue weighted by Gasteiger charge is -2.08. The smallest absolute Gasteiger partial charge is 0.120 e. The first kappa shape index (κ1) is 12.3. The summed E-state index contributed by atoms with van der Waals surface area (Å²) in [7, 11) is 0. The van der Waals surface area contributed by atoms with Crippen LogP contribution in [0.3, 0.4) is 0 Å². The van der Waals surface area contributed by atoms with E-state index in [0.29, 0.717) is 6.61 Å². The van der Waals surface area contributed by atoms with E-state index >= 15 is 0 Å². The molecule has 0 bridgehead atoms. The summed E-state index contributed by atoms with van der Waals surface area (Å²) in [6.07, 6.45) is 0. The van der Waals surface area contributed by atoms with Crippen LogP contribution in [0.25, 0.3) is 0 Å².